The summed E-state index contributed by atoms with van der Waals surface area (Å²) in [6.07, 6.45) is 3.27. The molecule has 0 spiro atoms. The number of amides is 2. The first-order valence-electron chi connectivity index (χ1n) is 9.07. The van der Waals surface area contributed by atoms with Gasteiger partial charge in [0.15, 0.2) is 0 Å². The van der Waals surface area contributed by atoms with Gasteiger partial charge in [0.2, 0.25) is 0 Å². The molecule has 3 aromatic rings. The van der Waals surface area contributed by atoms with E-state index in [4.69, 9.17) is 4.74 Å². The van der Waals surface area contributed by atoms with Crippen molar-refractivity contribution in [3.8, 4) is 5.75 Å². The highest BCUT2D eigenvalue weighted by molar-refractivity contribution is 7.10. The molecule has 8 nitrogen and oxygen atoms in total. The first-order valence-corrected chi connectivity index (χ1v) is 9.95. The summed E-state index contributed by atoms with van der Waals surface area (Å²) in [6, 6.07) is 6.64. The molecule has 1 atom stereocenters. The van der Waals surface area contributed by atoms with Crippen molar-refractivity contribution in [3.05, 3.63) is 58.3 Å². The molecular weight excluding hydrogens is 390 g/mol. The summed E-state index contributed by atoms with van der Waals surface area (Å²) in [4.78, 5) is 29.6. The van der Waals surface area contributed by atoms with Gasteiger partial charge < -0.3 is 15.4 Å². The number of hydrogen-bond donors (Lipinski definition) is 2. The van der Waals surface area contributed by atoms with Gasteiger partial charge in [-0.2, -0.15) is 5.10 Å². The van der Waals surface area contributed by atoms with E-state index in [1.165, 1.54) is 11.3 Å². The number of thiazole rings is 1. The van der Waals surface area contributed by atoms with Crippen LogP contribution in [-0.2, 0) is 7.05 Å². The number of benzene rings is 1. The molecule has 152 valence electrons. The summed E-state index contributed by atoms with van der Waals surface area (Å²) in [5, 5.41) is 12.2. The maximum absolute atomic E-state index is 12.7. The zero-order valence-electron chi connectivity index (χ0n) is 16.7. The van der Waals surface area contributed by atoms with Crippen LogP contribution in [0.5, 0.6) is 5.75 Å². The van der Waals surface area contributed by atoms with Crippen molar-refractivity contribution in [1.29, 1.82) is 0 Å². The molecule has 2 N–H and O–H groups in total. The van der Waals surface area contributed by atoms with E-state index in [2.05, 4.69) is 20.7 Å². The van der Waals surface area contributed by atoms with Crippen LogP contribution in [0, 0.1) is 5.92 Å². The van der Waals surface area contributed by atoms with E-state index < -0.39 is 0 Å². The normalized spacial score (nSPS) is 11.9. The minimum atomic E-state index is -0.321. The van der Waals surface area contributed by atoms with E-state index in [0.29, 0.717) is 27.7 Å². The predicted molar refractivity (Wildman–Crippen MR) is 111 cm³/mol. The lowest BCUT2D eigenvalue weighted by Crippen LogP contribution is -2.31. The summed E-state index contributed by atoms with van der Waals surface area (Å²) < 4.78 is 6.78. The van der Waals surface area contributed by atoms with E-state index in [1.54, 1.807) is 60.9 Å². The Bertz CT molecular complexity index is 1010. The monoisotopic (exact) mass is 413 g/mol. The van der Waals surface area contributed by atoms with Crippen LogP contribution in [0.3, 0.4) is 0 Å². The Labute approximate surface area is 172 Å². The quantitative estimate of drug-likeness (QED) is 0.619. The Kier molecular flexibility index (Phi) is 6.28. The average Bonchev–Trinajstić information content (AvgIpc) is 3.35. The number of nitrogens with zero attached hydrogens (tertiary/aromatic N) is 3. The molecule has 2 heterocycles. The molecule has 0 radical (unpaired) electrons. The summed E-state index contributed by atoms with van der Waals surface area (Å²) in [6.45, 7) is 3.99. The number of carbonyl (C=O) groups is 2. The van der Waals surface area contributed by atoms with E-state index in [1.807, 2.05) is 13.8 Å². The molecule has 1 aromatic carbocycles. The van der Waals surface area contributed by atoms with Crippen LogP contribution >= 0.6 is 11.3 Å². The Morgan fingerprint density at radius 1 is 1.24 bits per heavy atom. The van der Waals surface area contributed by atoms with Crippen molar-refractivity contribution in [1.82, 2.24) is 20.1 Å². The van der Waals surface area contributed by atoms with Crippen LogP contribution < -0.4 is 15.4 Å². The van der Waals surface area contributed by atoms with Crippen LogP contribution in [0.1, 0.15) is 45.7 Å². The number of anilines is 1. The molecule has 0 saturated carbocycles. The third-order valence-electron chi connectivity index (χ3n) is 4.27. The van der Waals surface area contributed by atoms with Crippen LogP contribution in [-0.4, -0.2) is 33.7 Å². The van der Waals surface area contributed by atoms with E-state index in [-0.39, 0.29) is 23.8 Å². The number of aryl methyl sites for hydroxylation is 1. The van der Waals surface area contributed by atoms with Crippen LogP contribution in [0.15, 0.2) is 42.0 Å². The molecule has 9 heteroatoms. The van der Waals surface area contributed by atoms with Gasteiger partial charge in [-0.1, -0.05) is 19.9 Å². The minimum Gasteiger partial charge on any atom is -0.497 e. The average molecular weight is 414 g/mol. The third-order valence-corrected chi connectivity index (χ3v) is 5.20. The van der Waals surface area contributed by atoms with Crippen molar-refractivity contribution in [2.75, 3.05) is 12.4 Å². The summed E-state index contributed by atoms with van der Waals surface area (Å²) >= 11 is 1.34. The summed E-state index contributed by atoms with van der Waals surface area (Å²) in [7, 11) is 3.33. The van der Waals surface area contributed by atoms with Crippen molar-refractivity contribution in [3.63, 3.8) is 0 Å². The number of hydrogen-bond acceptors (Lipinski definition) is 6. The number of aromatic nitrogens is 3. The van der Waals surface area contributed by atoms with Gasteiger partial charge in [0.1, 0.15) is 16.5 Å². The summed E-state index contributed by atoms with van der Waals surface area (Å²) in [5.74, 6) is 0.161. The highest BCUT2D eigenvalue weighted by atomic mass is 32.1. The van der Waals surface area contributed by atoms with E-state index in [0.717, 1.165) is 0 Å². The van der Waals surface area contributed by atoms with E-state index >= 15 is 0 Å². The lowest BCUT2D eigenvalue weighted by molar-refractivity contribution is 0.0925. The fourth-order valence-corrected chi connectivity index (χ4v) is 3.74. The second-order valence-corrected chi connectivity index (χ2v) is 7.74. The molecule has 0 unspecified atom stereocenters. The number of carbonyl (C=O) groups excluding carboxylic acids is 2. The topological polar surface area (TPSA) is 98.1 Å². The van der Waals surface area contributed by atoms with Crippen molar-refractivity contribution in [2.24, 2.45) is 13.0 Å². The molecule has 0 aliphatic rings. The summed E-state index contributed by atoms with van der Waals surface area (Å²) in [5.41, 5.74) is 1.40. The zero-order valence-corrected chi connectivity index (χ0v) is 17.5. The standard InChI is InChI=1S/C20H23N5O3S/c1-12(2)17(24-18(26)13-6-5-7-15(8-13)28-4)20-23-16(11-29-20)19(27)22-14-9-21-25(3)10-14/h5-12,17H,1-4H3,(H,22,27)(H,24,26)/t17-/m0/s1. The van der Waals surface area contributed by atoms with Gasteiger partial charge in [0.25, 0.3) is 11.8 Å². The molecule has 0 saturated heterocycles. The molecule has 3 rings (SSSR count). The molecule has 2 amide bonds. The Morgan fingerprint density at radius 3 is 2.69 bits per heavy atom. The zero-order chi connectivity index (χ0) is 21.0. The molecule has 2 aromatic heterocycles. The Hall–Kier alpha value is -3.20. The highest BCUT2D eigenvalue weighted by Crippen LogP contribution is 2.26. The molecular formula is C20H23N5O3S. The second kappa shape index (κ2) is 8.87. The first kappa shape index (κ1) is 20.5. The van der Waals surface area contributed by atoms with Gasteiger partial charge in [0.05, 0.1) is 25.0 Å². The van der Waals surface area contributed by atoms with Crippen LogP contribution in [0.2, 0.25) is 0 Å². The molecule has 0 fully saturated rings. The lowest BCUT2D eigenvalue weighted by Gasteiger charge is -2.20. The van der Waals surface area contributed by atoms with Crippen molar-refractivity contribution >= 4 is 28.8 Å². The van der Waals surface area contributed by atoms with Gasteiger partial charge >= 0.3 is 0 Å². The van der Waals surface area contributed by atoms with Gasteiger partial charge in [-0.3, -0.25) is 14.3 Å². The molecule has 0 aliphatic carbocycles. The van der Waals surface area contributed by atoms with Crippen LogP contribution in [0.4, 0.5) is 5.69 Å². The molecule has 29 heavy (non-hydrogen) atoms. The van der Waals surface area contributed by atoms with Crippen molar-refractivity contribution < 1.29 is 14.3 Å². The lowest BCUT2D eigenvalue weighted by atomic mass is 10.0. The van der Waals surface area contributed by atoms with Gasteiger partial charge in [-0.05, 0) is 24.1 Å². The largest absolute Gasteiger partial charge is 0.497 e. The Morgan fingerprint density at radius 2 is 2.03 bits per heavy atom. The smallest absolute Gasteiger partial charge is 0.275 e. The molecule has 0 aliphatic heterocycles. The number of methoxy groups -OCH3 is 1. The van der Waals surface area contributed by atoms with E-state index in [9.17, 15) is 9.59 Å². The second-order valence-electron chi connectivity index (χ2n) is 6.85. The van der Waals surface area contributed by atoms with Gasteiger partial charge in [-0.25, -0.2) is 4.98 Å². The predicted octanol–water partition coefficient (Wildman–Crippen LogP) is 3.26. The number of ether oxygens (including phenoxy) is 1. The SMILES string of the molecule is COc1cccc(C(=O)N[C@H](c2nc(C(=O)Nc3cnn(C)c3)cs2)C(C)C)c1. The number of nitrogens with one attached hydrogen (secondary N) is 2. The van der Waals surface area contributed by atoms with Crippen molar-refractivity contribution in [2.45, 2.75) is 19.9 Å². The maximum Gasteiger partial charge on any atom is 0.275 e. The fourth-order valence-electron chi connectivity index (χ4n) is 2.72. The number of rotatable bonds is 7. The maximum atomic E-state index is 12.7. The van der Waals surface area contributed by atoms with Crippen LogP contribution in [0.25, 0.3) is 0 Å². The highest BCUT2D eigenvalue weighted by Gasteiger charge is 2.24. The first-order chi connectivity index (χ1) is 13.9. The van der Waals surface area contributed by atoms with Gasteiger partial charge in [0, 0.05) is 24.2 Å². The Balaban J connectivity index is 1.74. The molecule has 0 bridgehead atoms. The fraction of sp³-hybridized carbons (Fsp3) is 0.300. The minimum absolute atomic E-state index is 0.0879. The third kappa shape index (κ3) is 5.00. The van der Waals surface area contributed by atoms with Gasteiger partial charge in [-0.15, -0.1) is 11.3 Å².